The maximum Gasteiger partial charge on any atom is 0.241 e. The Morgan fingerprint density at radius 1 is 1.10 bits per heavy atom. The van der Waals surface area contributed by atoms with Gasteiger partial charge in [-0.25, -0.2) is 4.98 Å². The molecule has 2 aromatic carbocycles. The van der Waals surface area contributed by atoms with Crippen molar-refractivity contribution >= 4 is 33.1 Å². The van der Waals surface area contributed by atoms with Crippen molar-refractivity contribution in [2.75, 3.05) is 31.5 Å². The Kier molecular flexibility index (Phi) is 5.54. The Bertz CT molecular complexity index is 1020. The van der Waals surface area contributed by atoms with Crippen LogP contribution in [-0.4, -0.2) is 52.9 Å². The Labute approximate surface area is 181 Å². The minimum absolute atomic E-state index is 0.0903. The minimum Gasteiger partial charge on any atom is -0.325 e. The number of thiazole rings is 1. The third-order valence-corrected chi connectivity index (χ3v) is 7.42. The molecule has 30 heavy (non-hydrogen) atoms. The van der Waals surface area contributed by atoms with Crippen LogP contribution >= 0.6 is 11.3 Å². The summed E-state index contributed by atoms with van der Waals surface area (Å²) in [6.45, 7) is 6.65. The maximum atomic E-state index is 12.8. The highest BCUT2D eigenvalue weighted by atomic mass is 32.1. The molecule has 156 valence electrons. The van der Waals surface area contributed by atoms with Gasteiger partial charge in [-0.05, 0) is 61.6 Å². The number of nitrogens with zero attached hydrogens (tertiary/aromatic N) is 3. The zero-order valence-electron chi connectivity index (χ0n) is 17.4. The van der Waals surface area contributed by atoms with Crippen LogP contribution in [-0.2, 0) is 24.2 Å². The lowest BCUT2D eigenvalue weighted by Crippen LogP contribution is -2.52. The normalized spacial score (nSPS) is 18.4. The number of benzene rings is 2. The zero-order valence-corrected chi connectivity index (χ0v) is 18.3. The summed E-state index contributed by atoms with van der Waals surface area (Å²) in [4.78, 5) is 22.3. The lowest BCUT2D eigenvalue weighted by atomic mass is 10.1. The van der Waals surface area contributed by atoms with E-state index in [4.69, 9.17) is 4.98 Å². The van der Waals surface area contributed by atoms with Gasteiger partial charge in [0.2, 0.25) is 5.91 Å². The molecule has 1 atom stereocenters. The van der Waals surface area contributed by atoms with Crippen molar-refractivity contribution in [2.24, 2.45) is 0 Å². The molecule has 0 radical (unpaired) electrons. The first kappa shape index (κ1) is 19.7. The van der Waals surface area contributed by atoms with Crippen molar-refractivity contribution in [1.82, 2.24) is 14.8 Å². The van der Waals surface area contributed by atoms with Crippen LogP contribution in [0, 0.1) is 0 Å². The molecule has 0 spiro atoms. The first-order valence-corrected chi connectivity index (χ1v) is 11.7. The van der Waals surface area contributed by atoms with E-state index in [2.05, 4.69) is 45.4 Å². The van der Waals surface area contributed by atoms with Crippen LogP contribution in [0.3, 0.4) is 0 Å². The van der Waals surface area contributed by atoms with Gasteiger partial charge in [-0.15, -0.1) is 11.3 Å². The molecular weight excluding hydrogens is 392 g/mol. The topological polar surface area (TPSA) is 48.5 Å². The molecule has 2 heterocycles. The van der Waals surface area contributed by atoms with Crippen LogP contribution in [0.25, 0.3) is 10.2 Å². The van der Waals surface area contributed by atoms with Crippen LogP contribution in [0.4, 0.5) is 5.69 Å². The fraction of sp³-hybridized carbons (Fsp3) is 0.417. The molecule has 1 amide bonds. The number of piperazine rings is 1. The van der Waals surface area contributed by atoms with E-state index in [0.717, 1.165) is 50.3 Å². The number of nitrogens with one attached hydrogen (secondary N) is 1. The Morgan fingerprint density at radius 3 is 2.73 bits per heavy atom. The van der Waals surface area contributed by atoms with Gasteiger partial charge in [0, 0.05) is 31.9 Å². The number of rotatable bonds is 5. The second-order valence-electron chi connectivity index (χ2n) is 8.39. The predicted octanol–water partition coefficient (Wildman–Crippen LogP) is 3.93. The minimum atomic E-state index is -0.122. The molecule has 6 heteroatoms. The van der Waals surface area contributed by atoms with E-state index in [1.807, 2.05) is 19.1 Å². The lowest BCUT2D eigenvalue weighted by molar-refractivity contribution is -0.121. The number of aromatic nitrogens is 1. The Balaban J connectivity index is 1.14. The highest BCUT2D eigenvalue weighted by Gasteiger charge is 2.26. The third-order valence-electron chi connectivity index (χ3n) is 6.40. The fourth-order valence-corrected chi connectivity index (χ4v) is 5.56. The van der Waals surface area contributed by atoms with Gasteiger partial charge in [0.1, 0.15) is 5.01 Å². The summed E-state index contributed by atoms with van der Waals surface area (Å²) in [6, 6.07) is 14.6. The van der Waals surface area contributed by atoms with Crippen LogP contribution in [0.2, 0.25) is 0 Å². The number of anilines is 1. The first-order valence-electron chi connectivity index (χ1n) is 10.9. The molecule has 1 aliphatic heterocycles. The standard InChI is InChI=1S/C24H28N4OS/c1-17(24(29)25-20-10-9-18-5-4-6-19(18)15-20)28-13-11-27(12-14-28)16-23-26-21-7-2-3-8-22(21)30-23/h2-3,7-10,15,17H,4-6,11-14,16H2,1H3,(H,25,29)/t17-/m1/s1. The summed E-state index contributed by atoms with van der Waals surface area (Å²) in [6.07, 6.45) is 3.52. The average Bonchev–Trinajstić information content (AvgIpc) is 3.39. The van der Waals surface area contributed by atoms with Crippen molar-refractivity contribution in [1.29, 1.82) is 0 Å². The lowest BCUT2D eigenvalue weighted by Gasteiger charge is -2.37. The number of para-hydroxylation sites is 1. The number of carbonyl (C=O) groups is 1. The maximum absolute atomic E-state index is 12.8. The van der Waals surface area contributed by atoms with E-state index < -0.39 is 0 Å². The average molecular weight is 421 g/mol. The zero-order chi connectivity index (χ0) is 20.5. The van der Waals surface area contributed by atoms with Crippen LogP contribution in [0.5, 0.6) is 0 Å². The second kappa shape index (κ2) is 8.46. The number of carbonyl (C=O) groups excluding carboxylic acids is 1. The van der Waals surface area contributed by atoms with E-state index in [-0.39, 0.29) is 11.9 Å². The van der Waals surface area contributed by atoms with Crippen molar-refractivity contribution in [3.63, 3.8) is 0 Å². The number of hydrogen-bond acceptors (Lipinski definition) is 5. The van der Waals surface area contributed by atoms with Crippen molar-refractivity contribution in [3.8, 4) is 0 Å². The van der Waals surface area contributed by atoms with Gasteiger partial charge < -0.3 is 5.32 Å². The van der Waals surface area contributed by atoms with Gasteiger partial charge in [0.05, 0.1) is 22.8 Å². The predicted molar refractivity (Wildman–Crippen MR) is 123 cm³/mol. The van der Waals surface area contributed by atoms with Gasteiger partial charge >= 0.3 is 0 Å². The summed E-state index contributed by atoms with van der Waals surface area (Å²) in [5.74, 6) is 0.0903. The largest absolute Gasteiger partial charge is 0.325 e. The second-order valence-corrected chi connectivity index (χ2v) is 9.50. The molecule has 5 nitrogen and oxygen atoms in total. The molecule has 0 unspecified atom stereocenters. The van der Waals surface area contributed by atoms with Crippen LogP contribution < -0.4 is 5.32 Å². The van der Waals surface area contributed by atoms with E-state index in [1.54, 1.807) is 11.3 Å². The summed E-state index contributed by atoms with van der Waals surface area (Å²) in [5, 5.41) is 4.31. The number of hydrogen-bond donors (Lipinski definition) is 1. The molecule has 1 aliphatic carbocycles. The molecule has 0 bridgehead atoms. The Morgan fingerprint density at radius 2 is 1.90 bits per heavy atom. The van der Waals surface area contributed by atoms with Gasteiger partial charge in [-0.1, -0.05) is 18.2 Å². The fourth-order valence-electron chi connectivity index (χ4n) is 4.55. The van der Waals surface area contributed by atoms with Crippen LogP contribution in [0.15, 0.2) is 42.5 Å². The van der Waals surface area contributed by atoms with Crippen molar-refractivity contribution in [2.45, 2.75) is 38.8 Å². The van der Waals surface area contributed by atoms with Gasteiger partial charge in [-0.2, -0.15) is 0 Å². The number of amides is 1. The molecule has 1 saturated heterocycles. The highest BCUT2D eigenvalue weighted by Crippen LogP contribution is 2.25. The van der Waals surface area contributed by atoms with E-state index in [0.29, 0.717) is 0 Å². The summed E-state index contributed by atoms with van der Waals surface area (Å²) in [5.41, 5.74) is 4.85. The van der Waals surface area contributed by atoms with Crippen LogP contribution in [0.1, 0.15) is 29.5 Å². The highest BCUT2D eigenvalue weighted by molar-refractivity contribution is 7.18. The molecule has 1 aromatic heterocycles. The first-order chi connectivity index (χ1) is 14.7. The van der Waals surface area contributed by atoms with Crippen molar-refractivity contribution in [3.05, 3.63) is 58.6 Å². The van der Waals surface area contributed by atoms with E-state index in [1.165, 1.54) is 33.7 Å². The quantitative estimate of drug-likeness (QED) is 0.679. The Hall–Kier alpha value is -2.28. The molecule has 2 aliphatic rings. The van der Waals surface area contributed by atoms with Gasteiger partial charge in [0.15, 0.2) is 0 Å². The molecular formula is C24H28N4OS. The summed E-state index contributed by atoms with van der Waals surface area (Å²) < 4.78 is 1.25. The molecule has 5 rings (SSSR count). The number of fused-ring (bicyclic) bond motifs is 2. The smallest absolute Gasteiger partial charge is 0.241 e. The van der Waals surface area contributed by atoms with Gasteiger partial charge in [-0.3, -0.25) is 14.6 Å². The van der Waals surface area contributed by atoms with E-state index >= 15 is 0 Å². The summed E-state index contributed by atoms with van der Waals surface area (Å²) in [7, 11) is 0. The SMILES string of the molecule is C[C@H](C(=O)Nc1ccc2c(c1)CCC2)N1CCN(Cc2nc3ccccc3s2)CC1. The van der Waals surface area contributed by atoms with Gasteiger partial charge in [0.25, 0.3) is 0 Å². The molecule has 3 aromatic rings. The molecule has 1 fully saturated rings. The third kappa shape index (κ3) is 4.13. The van der Waals surface area contributed by atoms with E-state index in [9.17, 15) is 4.79 Å². The monoisotopic (exact) mass is 420 g/mol. The van der Waals surface area contributed by atoms with Crippen molar-refractivity contribution < 1.29 is 4.79 Å². The summed E-state index contributed by atoms with van der Waals surface area (Å²) >= 11 is 1.78. The number of aryl methyl sites for hydroxylation is 2. The molecule has 0 saturated carbocycles. The molecule has 1 N–H and O–H groups in total.